The molecule has 4 heteroatoms. The Bertz CT molecular complexity index is 447. The first-order valence-corrected chi connectivity index (χ1v) is 7.21. The molecule has 3 nitrogen and oxygen atoms in total. The number of likely N-dealkylation sites (tertiary alicyclic amines) is 1. The highest BCUT2D eigenvalue weighted by atomic mass is 79.9. The first-order chi connectivity index (χ1) is 8.58. The van der Waals surface area contributed by atoms with Crippen molar-refractivity contribution in [3.63, 3.8) is 0 Å². The number of nitrogens with two attached hydrogens (primary N) is 1. The van der Waals surface area contributed by atoms with E-state index in [2.05, 4.69) is 22.9 Å². The Kier molecular flexibility index (Phi) is 4.27. The number of hydrogen-bond acceptors (Lipinski definition) is 2. The summed E-state index contributed by atoms with van der Waals surface area (Å²) in [5.41, 5.74) is 7.06. The molecule has 0 radical (unpaired) electrons. The maximum absolute atomic E-state index is 12.5. The van der Waals surface area contributed by atoms with Gasteiger partial charge in [0.05, 0.1) is 5.56 Å². The standard InChI is InChI=1S/C14H19BrN2O/c1-10-3-2-7-17(8-6-10)14(18)12-9-11(15)4-5-13(12)16/h4-5,9-10H,2-3,6-8,16H2,1H3. The molecule has 1 amide bonds. The summed E-state index contributed by atoms with van der Waals surface area (Å²) in [6.45, 7) is 3.93. The lowest BCUT2D eigenvalue weighted by molar-refractivity contribution is 0.0761. The number of carbonyl (C=O) groups excluding carboxylic acids is 1. The average Bonchev–Trinajstić information content (AvgIpc) is 2.56. The molecule has 98 valence electrons. The van der Waals surface area contributed by atoms with Gasteiger partial charge in [0.15, 0.2) is 0 Å². The summed E-state index contributed by atoms with van der Waals surface area (Å²) in [6, 6.07) is 5.44. The summed E-state index contributed by atoms with van der Waals surface area (Å²) in [5, 5.41) is 0. The van der Waals surface area contributed by atoms with E-state index in [1.54, 1.807) is 6.07 Å². The third-order valence-electron chi connectivity index (χ3n) is 3.55. The zero-order valence-electron chi connectivity index (χ0n) is 10.7. The van der Waals surface area contributed by atoms with E-state index in [9.17, 15) is 4.79 Å². The Hall–Kier alpha value is -1.03. The largest absolute Gasteiger partial charge is 0.398 e. The average molecular weight is 311 g/mol. The molecular formula is C14H19BrN2O. The van der Waals surface area contributed by atoms with Gasteiger partial charge in [-0.25, -0.2) is 0 Å². The summed E-state index contributed by atoms with van der Waals surface area (Å²) >= 11 is 3.39. The van der Waals surface area contributed by atoms with Crippen molar-refractivity contribution in [1.29, 1.82) is 0 Å². The molecule has 2 N–H and O–H groups in total. The highest BCUT2D eigenvalue weighted by Gasteiger charge is 2.21. The quantitative estimate of drug-likeness (QED) is 0.809. The van der Waals surface area contributed by atoms with E-state index in [1.807, 2.05) is 17.0 Å². The fourth-order valence-electron chi connectivity index (χ4n) is 2.35. The number of nitrogen functional groups attached to an aromatic ring is 1. The van der Waals surface area contributed by atoms with Crippen LogP contribution in [0.15, 0.2) is 22.7 Å². The molecule has 18 heavy (non-hydrogen) atoms. The fourth-order valence-corrected chi connectivity index (χ4v) is 2.71. The van der Waals surface area contributed by atoms with Crippen molar-refractivity contribution in [2.75, 3.05) is 18.8 Å². The Labute approximate surface area is 116 Å². The number of hydrogen-bond donors (Lipinski definition) is 1. The van der Waals surface area contributed by atoms with E-state index < -0.39 is 0 Å². The van der Waals surface area contributed by atoms with Crippen molar-refractivity contribution in [3.05, 3.63) is 28.2 Å². The minimum Gasteiger partial charge on any atom is -0.398 e. The Morgan fingerprint density at radius 2 is 2.17 bits per heavy atom. The van der Waals surface area contributed by atoms with Crippen LogP contribution in [0.3, 0.4) is 0 Å². The van der Waals surface area contributed by atoms with Gasteiger partial charge in [-0.15, -0.1) is 0 Å². The van der Waals surface area contributed by atoms with Crippen molar-refractivity contribution in [2.45, 2.75) is 26.2 Å². The molecule has 1 aliphatic rings. The third kappa shape index (κ3) is 3.05. The maximum Gasteiger partial charge on any atom is 0.255 e. The van der Waals surface area contributed by atoms with Crippen LogP contribution in [0.25, 0.3) is 0 Å². The highest BCUT2D eigenvalue weighted by molar-refractivity contribution is 9.10. The van der Waals surface area contributed by atoms with Gasteiger partial charge in [0, 0.05) is 23.2 Å². The molecular weight excluding hydrogens is 292 g/mol. The maximum atomic E-state index is 12.5. The van der Waals surface area contributed by atoms with Gasteiger partial charge >= 0.3 is 0 Å². The number of amides is 1. The zero-order chi connectivity index (χ0) is 13.1. The number of rotatable bonds is 1. The molecule has 2 rings (SSSR count). The van der Waals surface area contributed by atoms with E-state index >= 15 is 0 Å². The number of carbonyl (C=O) groups is 1. The predicted octanol–water partition coefficient (Wildman–Crippen LogP) is 3.29. The van der Waals surface area contributed by atoms with Gasteiger partial charge in [-0.3, -0.25) is 4.79 Å². The smallest absolute Gasteiger partial charge is 0.255 e. The van der Waals surface area contributed by atoms with Crippen molar-refractivity contribution in [1.82, 2.24) is 4.90 Å². The lowest BCUT2D eigenvalue weighted by atomic mass is 10.0. The molecule has 1 atom stereocenters. The van der Waals surface area contributed by atoms with Crippen molar-refractivity contribution < 1.29 is 4.79 Å². The Morgan fingerprint density at radius 3 is 2.94 bits per heavy atom. The van der Waals surface area contributed by atoms with E-state index in [4.69, 9.17) is 5.73 Å². The SMILES string of the molecule is CC1CCCN(C(=O)c2cc(Br)ccc2N)CC1. The van der Waals surface area contributed by atoms with Crippen LogP contribution in [0.2, 0.25) is 0 Å². The van der Waals surface area contributed by atoms with Crippen LogP contribution in [-0.4, -0.2) is 23.9 Å². The zero-order valence-corrected chi connectivity index (χ0v) is 12.2. The predicted molar refractivity (Wildman–Crippen MR) is 77.5 cm³/mol. The second-order valence-corrected chi connectivity index (χ2v) is 5.98. The molecule has 1 aromatic carbocycles. The van der Waals surface area contributed by atoms with Gasteiger partial charge in [-0.2, -0.15) is 0 Å². The highest BCUT2D eigenvalue weighted by Crippen LogP contribution is 2.23. The van der Waals surface area contributed by atoms with Crippen molar-refractivity contribution in [2.24, 2.45) is 5.92 Å². The molecule has 1 aliphatic heterocycles. The number of halogens is 1. The van der Waals surface area contributed by atoms with Crippen LogP contribution < -0.4 is 5.73 Å². The molecule has 1 saturated heterocycles. The number of nitrogens with zero attached hydrogens (tertiary/aromatic N) is 1. The van der Waals surface area contributed by atoms with Crippen LogP contribution in [0.4, 0.5) is 5.69 Å². The van der Waals surface area contributed by atoms with Crippen LogP contribution in [0.5, 0.6) is 0 Å². The summed E-state index contributed by atoms with van der Waals surface area (Å²) < 4.78 is 0.892. The van der Waals surface area contributed by atoms with Gasteiger partial charge in [-0.05, 0) is 43.4 Å². The van der Waals surface area contributed by atoms with E-state index in [0.717, 1.165) is 30.4 Å². The van der Waals surface area contributed by atoms with E-state index in [-0.39, 0.29) is 5.91 Å². The summed E-state index contributed by atoms with van der Waals surface area (Å²) in [4.78, 5) is 14.4. The first kappa shape index (κ1) is 13.4. The molecule has 1 unspecified atom stereocenters. The topological polar surface area (TPSA) is 46.3 Å². The van der Waals surface area contributed by atoms with Crippen LogP contribution in [0, 0.1) is 5.92 Å². The van der Waals surface area contributed by atoms with E-state index in [1.165, 1.54) is 6.42 Å². The second-order valence-electron chi connectivity index (χ2n) is 5.06. The minimum atomic E-state index is 0.0582. The molecule has 1 aromatic rings. The normalized spacial score (nSPS) is 20.6. The van der Waals surface area contributed by atoms with Gasteiger partial charge in [0.2, 0.25) is 0 Å². The molecule has 0 aliphatic carbocycles. The van der Waals surface area contributed by atoms with Crippen molar-refractivity contribution >= 4 is 27.5 Å². The molecule has 0 bridgehead atoms. The number of anilines is 1. The summed E-state index contributed by atoms with van der Waals surface area (Å²) in [5.74, 6) is 0.769. The molecule has 0 saturated carbocycles. The van der Waals surface area contributed by atoms with E-state index in [0.29, 0.717) is 17.2 Å². The minimum absolute atomic E-state index is 0.0582. The second kappa shape index (κ2) is 5.74. The summed E-state index contributed by atoms with van der Waals surface area (Å²) in [7, 11) is 0. The molecule has 0 spiro atoms. The lowest BCUT2D eigenvalue weighted by Crippen LogP contribution is -2.32. The number of benzene rings is 1. The van der Waals surface area contributed by atoms with Gasteiger partial charge in [0.25, 0.3) is 5.91 Å². The third-order valence-corrected chi connectivity index (χ3v) is 4.04. The monoisotopic (exact) mass is 310 g/mol. The molecule has 0 aromatic heterocycles. The van der Waals surface area contributed by atoms with Crippen LogP contribution in [-0.2, 0) is 0 Å². The molecule has 1 fully saturated rings. The first-order valence-electron chi connectivity index (χ1n) is 6.42. The van der Waals surface area contributed by atoms with Gasteiger partial charge < -0.3 is 10.6 Å². The molecule has 1 heterocycles. The van der Waals surface area contributed by atoms with Crippen LogP contribution >= 0.6 is 15.9 Å². The van der Waals surface area contributed by atoms with Gasteiger partial charge in [0.1, 0.15) is 0 Å². The van der Waals surface area contributed by atoms with Crippen LogP contribution in [0.1, 0.15) is 36.5 Å². The fraction of sp³-hybridized carbons (Fsp3) is 0.500. The summed E-state index contributed by atoms with van der Waals surface area (Å²) in [6.07, 6.45) is 3.37. The van der Waals surface area contributed by atoms with Crippen molar-refractivity contribution in [3.8, 4) is 0 Å². The van der Waals surface area contributed by atoms with Gasteiger partial charge in [-0.1, -0.05) is 22.9 Å². The Balaban J connectivity index is 2.17. The Morgan fingerprint density at radius 1 is 1.39 bits per heavy atom. The lowest BCUT2D eigenvalue weighted by Gasteiger charge is -2.21.